The number of nitriles is 1. The van der Waals surface area contributed by atoms with E-state index in [1.807, 2.05) is 43.3 Å². The van der Waals surface area contributed by atoms with Gasteiger partial charge in [0.2, 0.25) is 0 Å². The second kappa shape index (κ2) is 6.60. The summed E-state index contributed by atoms with van der Waals surface area (Å²) in [6, 6.07) is 14.5. The zero-order valence-corrected chi connectivity index (χ0v) is 12.7. The Morgan fingerprint density at radius 2 is 1.86 bits per heavy atom. The summed E-state index contributed by atoms with van der Waals surface area (Å²) in [5.41, 5.74) is 2.31. The van der Waals surface area contributed by atoms with Gasteiger partial charge in [-0.3, -0.25) is 0 Å². The number of halogens is 2. The maximum Gasteiger partial charge on any atom is 0.127 e. The van der Waals surface area contributed by atoms with E-state index >= 15 is 0 Å². The average Bonchev–Trinajstić information content (AvgIpc) is 2.47. The van der Waals surface area contributed by atoms with Gasteiger partial charge >= 0.3 is 0 Å². The second-order valence-corrected chi connectivity index (χ2v) is 5.48. The zero-order chi connectivity index (χ0) is 15.4. The summed E-state index contributed by atoms with van der Waals surface area (Å²) in [4.78, 5) is 1.99. The summed E-state index contributed by atoms with van der Waals surface area (Å²) < 4.78 is 13.8. The Hall–Kier alpha value is -2.05. The first-order valence-electron chi connectivity index (χ1n) is 6.62. The largest absolute Gasteiger partial charge is 0.378 e. The minimum atomic E-state index is -0.421. The van der Waals surface area contributed by atoms with Crippen LogP contribution in [0, 0.1) is 17.1 Å². The summed E-state index contributed by atoms with van der Waals surface area (Å²) in [6.07, 6.45) is 0.267. The van der Waals surface area contributed by atoms with Gasteiger partial charge < -0.3 is 4.90 Å². The molecule has 0 saturated carbocycles. The number of hydrogen-bond acceptors (Lipinski definition) is 2. The molecule has 21 heavy (non-hydrogen) atoms. The van der Waals surface area contributed by atoms with Gasteiger partial charge in [-0.2, -0.15) is 5.26 Å². The first-order valence-corrected chi connectivity index (χ1v) is 7.00. The molecule has 2 aromatic rings. The lowest BCUT2D eigenvalue weighted by molar-refractivity contribution is 0.604. The van der Waals surface area contributed by atoms with Crippen LogP contribution < -0.4 is 4.90 Å². The third kappa shape index (κ3) is 3.53. The van der Waals surface area contributed by atoms with E-state index in [1.165, 1.54) is 6.07 Å². The molecule has 0 fully saturated rings. The maximum absolute atomic E-state index is 13.8. The molecular formula is C17H16ClFN2. The Labute approximate surface area is 129 Å². The molecule has 0 saturated heterocycles. The molecule has 2 nitrogen and oxygen atoms in total. The van der Waals surface area contributed by atoms with Gasteiger partial charge in [-0.05, 0) is 36.2 Å². The molecule has 108 valence electrons. The highest BCUT2D eigenvalue weighted by Crippen LogP contribution is 2.27. The van der Waals surface area contributed by atoms with Crippen LogP contribution in [0.5, 0.6) is 0 Å². The lowest BCUT2D eigenvalue weighted by Crippen LogP contribution is -2.09. The normalized spacial score (nSPS) is 11.8. The number of anilines is 1. The van der Waals surface area contributed by atoms with Crippen molar-refractivity contribution in [3.05, 3.63) is 64.4 Å². The van der Waals surface area contributed by atoms with Gasteiger partial charge in [-0.25, -0.2) is 4.39 Å². The number of nitrogens with zero attached hydrogens (tertiary/aromatic N) is 2. The second-order valence-electron chi connectivity index (χ2n) is 5.07. The van der Waals surface area contributed by atoms with Crippen LogP contribution in [0.4, 0.5) is 10.1 Å². The van der Waals surface area contributed by atoms with Crippen molar-refractivity contribution in [2.45, 2.75) is 12.3 Å². The Morgan fingerprint density at radius 1 is 1.19 bits per heavy atom. The Balaban J connectivity index is 2.26. The Morgan fingerprint density at radius 3 is 2.38 bits per heavy atom. The molecular weight excluding hydrogens is 287 g/mol. The van der Waals surface area contributed by atoms with Gasteiger partial charge in [0.05, 0.1) is 12.0 Å². The van der Waals surface area contributed by atoms with E-state index in [2.05, 4.69) is 6.07 Å². The molecule has 0 aliphatic heterocycles. The molecule has 0 heterocycles. The monoisotopic (exact) mass is 302 g/mol. The first-order chi connectivity index (χ1) is 10.0. The molecule has 0 aromatic heterocycles. The van der Waals surface area contributed by atoms with Gasteiger partial charge in [0.1, 0.15) is 5.82 Å². The predicted octanol–water partition coefficient (Wildman–Crippen LogP) is 4.39. The van der Waals surface area contributed by atoms with Crippen LogP contribution in [0.2, 0.25) is 5.02 Å². The van der Waals surface area contributed by atoms with Gasteiger partial charge in [0, 0.05) is 30.4 Å². The Bertz CT molecular complexity index is 639. The molecule has 0 aliphatic carbocycles. The highest BCUT2D eigenvalue weighted by Gasteiger charge is 2.16. The molecule has 4 heteroatoms. The highest BCUT2D eigenvalue weighted by atomic mass is 35.5. The lowest BCUT2D eigenvalue weighted by Gasteiger charge is -2.15. The predicted molar refractivity (Wildman–Crippen MR) is 84.2 cm³/mol. The number of hydrogen-bond donors (Lipinski definition) is 0. The minimum absolute atomic E-state index is 0.267. The van der Waals surface area contributed by atoms with Crippen LogP contribution in [-0.4, -0.2) is 14.1 Å². The Kier molecular flexibility index (Phi) is 4.82. The average molecular weight is 303 g/mol. The van der Waals surface area contributed by atoms with E-state index in [0.29, 0.717) is 10.6 Å². The number of benzene rings is 2. The number of rotatable bonds is 4. The molecule has 2 aromatic carbocycles. The van der Waals surface area contributed by atoms with Gasteiger partial charge in [0.25, 0.3) is 0 Å². The summed E-state index contributed by atoms with van der Waals surface area (Å²) in [7, 11) is 3.91. The van der Waals surface area contributed by atoms with Crippen LogP contribution in [0.15, 0.2) is 42.5 Å². The zero-order valence-electron chi connectivity index (χ0n) is 12.0. The van der Waals surface area contributed by atoms with Crippen LogP contribution >= 0.6 is 11.6 Å². The van der Waals surface area contributed by atoms with E-state index in [0.717, 1.165) is 11.3 Å². The molecule has 0 radical (unpaired) electrons. The van der Waals surface area contributed by atoms with Crippen LogP contribution in [-0.2, 0) is 6.42 Å². The standard InChI is InChI=1S/C17H16ClFN2/c1-21(2)14-8-6-12(7-9-14)13(11-20)10-15-16(18)4-3-5-17(15)19/h3-9,13H,10H2,1-2H3. The van der Waals surface area contributed by atoms with Gasteiger partial charge in [-0.1, -0.05) is 29.8 Å². The fourth-order valence-corrected chi connectivity index (χ4v) is 2.41. The third-order valence-corrected chi connectivity index (χ3v) is 3.79. The van der Waals surface area contributed by atoms with E-state index in [4.69, 9.17) is 11.6 Å². The van der Waals surface area contributed by atoms with Crippen molar-refractivity contribution >= 4 is 17.3 Å². The minimum Gasteiger partial charge on any atom is -0.378 e. The van der Waals surface area contributed by atoms with Gasteiger partial charge in [0.15, 0.2) is 0 Å². The molecule has 0 amide bonds. The first kappa shape index (κ1) is 15.3. The van der Waals surface area contributed by atoms with Crippen molar-refractivity contribution in [3.63, 3.8) is 0 Å². The SMILES string of the molecule is CN(C)c1ccc(C(C#N)Cc2c(F)cccc2Cl)cc1. The quantitative estimate of drug-likeness (QED) is 0.837. The molecule has 0 aliphatic rings. The third-order valence-electron chi connectivity index (χ3n) is 3.44. The fraction of sp³-hybridized carbons (Fsp3) is 0.235. The smallest absolute Gasteiger partial charge is 0.127 e. The topological polar surface area (TPSA) is 27.0 Å². The molecule has 0 N–H and O–H groups in total. The van der Waals surface area contributed by atoms with E-state index in [1.54, 1.807) is 12.1 Å². The molecule has 1 unspecified atom stereocenters. The van der Waals surface area contributed by atoms with E-state index in [9.17, 15) is 9.65 Å². The molecule has 0 bridgehead atoms. The van der Waals surface area contributed by atoms with Gasteiger partial charge in [-0.15, -0.1) is 0 Å². The maximum atomic E-state index is 13.8. The molecule has 0 spiro atoms. The van der Waals surface area contributed by atoms with Crippen molar-refractivity contribution in [1.29, 1.82) is 5.26 Å². The van der Waals surface area contributed by atoms with Crippen molar-refractivity contribution in [3.8, 4) is 6.07 Å². The summed E-state index contributed by atoms with van der Waals surface area (Å²) in [6.45, 7) is 0. The fourth-order valence-electron chi connectivity index (χ4n) is 2.17. The van der Waals surface area contributed by atoms with Crippen LogP contribution in [0.1, 0.15) is 17.0 Å². The summed E-state index contributed by atoms with van der Waals surface area (Å²) in [5, 5.41) is 9.74. The summed E-state index contributed by atoms with van der Waals surface area (Å²) >= 11 is 6.03. The van der Waals surface area contributed by atoms with Crippen molar-refractivity contribution in [2.24, 2.45) is 0 Å². The van der Waals surface area contributed by atoms with E-state index < -0.39 is 5.92 Å². The highest BCUT2D eigenvalue weighted by molar-refractivity contribution is 6.31. The van der Waals surface area contributed by atoms with Crippen molar-refractivity contribution < 1.29 is 4.39 Å². The lowest BCUT2D eigenvalue weighted by atomic mass is 9.93. The van der Waals surface area contributed by atoms with Crippen LogP contribution in [0.3, 0.4) is 0 Å². The summed E-state index contributed by atoms with van der Waals surface area (Å²) in [5.74, 6) is -0.789. The molecule has 2 rings (SSSR count). The molecule has 1 atom stereocenters. The van der Waals surface area contributed by atoms with E-state index in [-0.39, 0.29) is 12.2 Å². The van der Waals surface area contributed by atoms with Crippen molar-refractivity contribution in [1.82, 2.24) is 0 Å². The van der Waals surface area contributed by atoms with Crippen molar-refractivity contribution in [2.75, 3.05) is 19.0 Å². The van der Waals surface area contributed by atoms with Crippen LogP contribution in [0.25, 0.3) is 0 Å².